The van der Waals surface area contributed by atoms with E-state index in [0.29, 0.717) is 6.42 Å². The number of hydrogen-bond acceptors (Lipinski definition) is 2. The average Bonchev–Trinajstić information content (AvgIpc) is 1.85. The SMILES string of the molecule is CC#CC(C)C(CC)S(=O)(=O)O. The van der Waals surface area contributed by atoms with Crippen molar-refractivity contribution < 1.29 is 13.0 Å². The van der Waals surface area contributed by atoms with Gasteiger partial charge in [-0.1, -0.05) is 19.8 Å². The van der Waals surface area contributed by atoms with Gasteiger partial charge >= 0.3 is 0 Å². The van der Waals surface area contributed by atoms with Crippen LogP contribution >= 0.6 is 0 Å². The molecule has 3 nitrogen and oxygen atoms in total. The molecule has 4 heteroatoms. The Morgan fingerprint density at radius 3 is 2.25 bits per heavy atom. The first kappa shape index (κ1) is 11.5. The second-order valence-electron chi connectivity index (χ2n) is 2.64. The normalized spacial score (nSPS) is 16.0. The Labute approximate surface area is 73.9 Å². The van der Waals surface area contributed by atoms with Crippen molar-refractivity contribution in [3.05, 3.63) is 0 Å². The fourth-order valence-corrected chi connectivity index (χ4v) is 2.15. The Morgan fingerprint density at radius 1 is 1.50 bits per heavy atom. The molecule has 12 heavy (non-hydrogen) atoms. The molecule has 0 fully saturated rings. The third-order valence-corrected chi connectivity index (χ3v) is 3.22. The zero-order chi connectivity index (χ0) is 9.78. The maximum Gasteiger partial charge on any atom is 0.268 e. The van der Waals surface area contributed by atoms with Crippen LogP contribution in [0.3, 0.4) is 0 Å². The minimum atomic E-state index is -3.94. The van der Waals surface area contributed by atoms with Crippen LogP contribution in [-0.2, 0) is 10.1 Å². The summed E-state index contributed by atoms with van der Waals surface area (Å²) in [4.78, 5) is 0. The van der Waals surface area contributed by atoms with Crippen LogP contribution in [0.15, 0.2) is 0 Å². The number of hydrogen-bond donors (Lipinski definition) is 1. The second kappa shape index (κ2) is 4.48. The van der Waals surface area contributed by atoms with Crippen molar-refractivity contribution in [2.45, 2.75) is 32.4 Å². The average molecular weight is 190 g/mol. The topological polar surface area (TPSA) is 54.4 Å². The molecule has 0 aromatic rings. The van der Waals surface area contributed by atoms with Gasteiger partial charge in [0.05, 0.1) is 5.25 Å². The van der Waals surface area contributed by atoms with Crippen LogP contribution in [0.25, 0.3) is 0 Å². The lowest BCUT2D eigenvalue weighted by atomic mass is 10.1. The first-order valence-corrected chi connectivity index (χ1v) is 5.32. The van der Waals surface area contributed by atoms with Crippen molar-refractivity contribution in [3.63, 3.8) is 0 Å². The molecule has 0 rings (SSSR count). The van der Waals surface area contributed by atoms with Crippen LogP contribution in [0, 0.1) is 17.8 Å². The predicted molar refractivity (Wildman–Crippen MR) is 48.2 cm³/mol. The van der Waals surface area contributed by atoms with Gasteiger partial charge in [-0.25, -0.2) is 0 Å². The summed E-state index contributed by atoms with van der Waals surface area (Å²) in [7, 11) is -3.94. The molecule has 0 spiro atoms. The van der Waals surface area contributed by atoms with E-state index >= 15 is 0 Å². The molecule has 0 aromatic carbocycles. The highest BCUT2D eigenvalue weighted by molar-refractivity contribution is 7.86. The van der Waals surface area contributed by atoms with Gasteiger partial charge in [0.15, 0.2) is 0 Å². The zero-order valence-electron chi connectivity index (χ0n) is 7.53. The summed E-state index contributed by atoms with van der Waals surface area (Å²) in [6.07, 6.45) is 0.384. The van der Waals surface area contributed by atoms with Crippen LogP contribution in [0.5, 0.6) is 0 Å². The third-order valence-electron chi connectivity index (χ3n) is 1.71. The van der Waals surface area contributed by atoms with Crippen molar-refractivity contribution in [2.75, 3.05) is 0 Å². The summed E-state index contributed by atoms with van der Waals surface area (Å²) in [5.74, 6) is 5.03. The van der Waals surface area contributed by atoms with Crippen molar-refractivity contribution in [1.29, 1.82) is 0 Å². The van der Waals surface area contributed by atoms with E-state index in [4.69, 9.17) is 4.55 Å². The Kier molecular flexibility index (Phi) is 4.29. The first-order valence-electron chi connectivity index (χ1n) is 3.82. The molecule has 0 heterocycles. The van der Waals surface area contributed by atoms with E-state index in [9.17, 15) is 8.42 Å². The van der Waals surface area contributed by atoms with Crippen LogP contribution in [0.1, 0.15) is 27.2 Å². The monoisotopic (exact) mass is 190 g/mol. The minimum Gasteiger partial charge on any atom is -0.285 e. The van der Waals surface area contributed by atoms with Crippen LogP contribution in [0.2, 0.25) is 0 Å². The van der Waals surface area contributed by atoms with E-state index in [2.05, 4.69) is 11.8 Å². The maximum atomic E-state index is 10.8. The molecular weight excluding hydrogens is 176 g/mol. The highest BCUT2D eigenvalue weighted by atomic mass is 32.2. The van der Waals surface area contributed by atoms with Gasteiger partial charge in [0.25, 0.3) is 10.1 Å². The summed E-state index contributed by atoms with van der Waals surface area (Å²) in [6.45, 7) is 5.05. The van der Waals surface area contributed by atoms with Gasteiger partial charge < -0.3 is 0 Å². The van der Waals surface area contributed by atoms with E-state index in [1.807, 2.05) is 0 Å². The highest BCUT2D eigenvalue weighted by Crippen LogP contribution is 2.14. The van der Waals surface area contributed by atoms with Gasteiger partial charge in [0, 0.05) is 5.92 Å². The summed E-state index contributed by atoms with van der Waals surface area (Å²) in [5.41, 5.74) is 0. The van der Waals surface area contributed by atoms with Crippen LogP contribution < -0.4 is 0 Å². The molecule has 2 unspecified atom stereocenters. The smallest absolute Gasteiger partial charge is 0.268 e. The molecule has 0 amide bonds. The standard InChI is InChI=1S/C8H14O3S/c1-4-6-7(3)8(5-2)12(9,10)11/h7-8H,5H2,1-3H3,(H,9,10,11). The van der Waals surface area contributed by atoms with Crippen LogP contribution in [-0.4, -0.2) is 18.2 Å². The summed E-state index contributed by atoms with van der Waals surface area (Å²) in [6, 6.07) is 0. The summed E-state index contributed by atoms with van der Waals surface area (Å²) in [5, 5.41) is -0.759. The largest absolute Gasteiger partial charge is 0.285 e. The zero-order valence-corrected chi connectivity index (χ0v) is 8.35. The molecule has 0 aromatic heterocycles. The molecule has 0 bridgehead atoms. The van der Waals surface area contributed by atoms with E-state index in [-0.39, 0.29) is 5.92 Å². The molecule has 1 N–H and O–H groups in total. The van der Waals surface area contributed by atoms with Crippen molar-refractivity contribution >= 4 is 10.1 Å². The van der Waals surface area contributed by atoms with Gasteiger partial charge in [-0.2, -0.15) is 8.42 Å². The fourth-order valence-electron chi connectivity index (χ4n) is 1.14. The Hall–Kier alpha value is -0.530. The first-order chi connectivity index (χ1) is 5.43. The highest BCUT2D eigenvalue weighted by Gasteiger charge is 2.25. The van der Waals surface area contributed by atoms with Gasteiger partial charge in [0.2, 0.25) is 0 Å². The molecule has 2 atom stereocenters. The molecule has 0 radical (unpaired) electrons. The number of rotatable bonds is 3. The second-order valence-corrected chi connectivity index (χ2v) is 4.28. The van der Waals surface area contributed by atoms with Gasteiger partial charge in [-0.3, -0.25) is 4.55 Å². The molecule has 70 valence electrons. The maximum absolute atomic E-state index is 10.8. The van der Waals surface area contributed by atoms with E-state index in [1.165, 1.54) is 0 Å². The van der Waals surface area contributed by atoms with Crippen LogP contribution in [0.4, 0.5) is 0 Å². The lowest BCUT2D eigenvalue weighted by Crippen LogP contribution is -2.26. The molecule has 0 aliphatic carbocycles. The lowest BCUT2D eigenvalue weighted by Gasteiger charge is -2.13. The Morgan fingerprint density at radius 2 is 2.00 bits per heavy atom. The molecular formula is C8H14O3S. The van der Waals surface area contributed by atoms with Crippen molar-refractivity contribution in [1.82, 2.24) is 0 Å². The van der Waals surface area contributed by atoms with Crippen molar-refractivity contribution in [2.24, 2.45) is 5.92 Å². The van der Waals surface area contributed by atoms with E-state index in [0.717, 1.165) is 0 Å². The Bertz CT molecular complexity index is 281. The quantitative estimate of drug-likeness (QED) is 0.539. The van der Waals surface area contributed by atoms with Gasteiger partial charge in [-0.15, -0.1) is 5.92 Å². The molecule has 0 saturated carbocycles. The fraction of sp³-hybridized carbons (Fsp3) is 0.750. The molecule has 0 aliphatic rings. The van der Waals surface area contributed by atoms with Gasteiger partial charge in [-0.05, 0) is 13.3 Å². The Balaban J connectivity index is 4.65. The summed E-state index contributed by atoms with van der Waals surface area (Å²) < 4.78 is 30.3. The molecule has 0 aliphatic heterocycles. The molecule has 0 saturated heterocycles. The van der Waals surface area contributed by atoms with Crippen molar-refractivity contribution in [3.8, 4) is 11.8 Å². The minimum absolute atomic E-state index is 0.310. The summed E-state index contributed by atoms with van der Waals surface area (Å²) >= 11 is 0. The third kappa shape index (κ3) is 3.24. The van der Waals surface area contributed by atoms with Gasteiger partial charge in [0.1, 0.15) is 0 Å². The van der Waals surface area contributed by atoms with E-state index in [1.54, 1.807) is 20.8 Å². The lowest BCUT2D eigenvalue weighted by molar-refractivity contribution is 0.449. The van der Waals surface area contributed by atoms with E-state index < -0.39 is 15.4 Å². The predicted octanol–water partition coefficient (Wildman–Crippen LogP) is 1.31.